The van der Waals surface area contributed by atoms with E-state index in [4.69, 9.17) is 4.74 Å². The number of nitrogens with one attached hydrogen (secondary N) is 1. The van der Waals surface area contributed by atoms with Crippen LogP contribution in [0.1, 0.15) is 45.6 Å². The Morgan fingerprint density at radius 3 is 2.58 bits per heavy atom. The molecule has 3 rings (SSSR count). The lowest BCUT2D eigenvalue weighted by Gasteiger charge is -2.21. The molecule has 0 unspecified atom stereocenters. The lowest BCUT2D eigenvalue weighted by molar-refractivity contribution is -0.113. The van der Waals surface area contributed by atoms with Crippen molar-refractivity contribution in [1.29, 1.82) is 0 Å². The van der Waals surface area contributed by atoms with Gasteiger partial charge in [0, 0.05) is 13.1 Å². The number of aromatic nitrogens is 4. The summed E-state index contributed by atoms with van der Waals surface area (Å²) in [5.74, 6) is 0.144. The second-order valence-corrected chi connectivity index (χ2v) is 10.4. The van der Waals surface area contributed by atoms with E-state index < -0.39 is 10.0 Å². The van der Waals surface area contributed by atoms with Gasteiger partial charge in [0.15, 0.2) is 0 Å². The van der Waals surface area contributed by atoms with Gasteiger partial charge in [-0.15, -0.1) is 5.10 Å². The van der Waals surface area contributed by atoms with Crippen LogP contribution in [0.5, 0.6) is 5.75 Å². The van der Waals surface area contributed by atoms with Crippen molar-refractivity contribution in [2.24, 2.45) is 0 Å². The highest BCUT2D eigenvalue weighted by molar-refractivity contribution is 7.99. The minimum atomic E-state index is -3.64. The monoisotopic (exact) mass is 468 g/mol. The second kappa shape index (κ2) is 10.4. The molecule has 0 spiro atoms. The van der Waals surface area contributed by atoms with Gasteiger partial charge >= 0.3 is 0 Å². The highest BCUT2D eigenvalue weighted by atomic mass is 32.2. The molecule has 1 aromatic carbocycles. The van der Waals surface area contributed by atoms with Crippen LogP contribution in [0, 0.1) is 0 Å². The normalized spacial score (nSPS) is 15.6. The molecule has 1 saturated heterocycles. The average molecular weight is 469 g/mol. The molecular weight excluding hydrogens is 440 g/mol. The molecule has 2 heterocycles. The van der Waals surface area contributed by atoms with E-state index in [1.165, 1.54) is 35.3 Å². The molecule has 170 valence electrons. The Morgan fingerprint density at radius 2 is 1.94 bits per heavy atom. The van der Waals surface area contributed by atoms with E-state index in [0.29, 0.717) is 29.7 Å². The number of rotatable bonds is 8. The summed E-state index contributed by atoms with van der Waals surface area (Å²) in [6.45, 7) is 4.91. The third-order valence-corrected chi connectivity index (χ3v) is 7.76. The molecule has 0 atom stereocenters. The lowest BCUT2D eigenvalue weighted by atomic mass is 10.2. The number of carbonyl (C=O) groups excluding carboxylic acids is 1. The van der Waals surface area contributed by atoms with Crippen molar-refractivity contribution < 1.29 is 17.9 Å². The molecule has 1 fully saturated rings. The van der Waals surface area contributed by atoms with E-state index in [1.807, 2.05) is 13.8 Å². The van der Waals surface area contributed by atoms with Crippen LogP contribution >= 0.6 is 11.8 Å². The summed E-state index contributed by atoms with van der Waals surface area (Å²) >= 11 is 1.21. The van der Waals surface area contributed by atoms with Crippen molar-refractivity contribution in [2.45, 2.75) is 55.6 Å². The molecule has 1 aliphatic rings. The Hall–Kier alpha value is -2.18. The van der Waals surface area contributed by atoms with Gasteiger partial charge in [-0.25, -0.2) is 13.1 Å². The van der Waals surface area contributed by atoms with Crippen molar-refractivity contribution >= 4 is 33.4 Å². The number of hydrogen-bond donors (Lipinski definition) is 1. The smallest absolute Gasteiger partial charge is 0.243 e. The van der Waals surface area contributed by atoms with Crippen LogP contribution in [0.25, 0.3) is 0 Å². The molecule has 0 bridgehead atoms. The van der Waals surface area contributed by atoms with Gasteiger partial charge in [0.2, 0.25) is 21.1 Å². The van der Waals surface area contributed by atoms with Crippen LogP contribution < -0.4 is 10.1 Å². The standard InChI is InChI=1S/C19H28N6O4S2/c1-14(2)25-19(21-22-23-25)30-13-18(26)20-16-12-15(8-9-17(16)29-3)31(27,28)24-10-6-4-5-7-11-24/h8-9,12,14H,4-7,10-11,13H2,1-3H3,(H,20,26). The van der Waals surface area contributed by atoms with Crippen LogP contribution in [-0.4, -0.2) is 64.8 Å². The third-order valence-electron chi connectivity index (χ3n) is 4.93. The zero-order valence-corrected chi connectivity index (χ0v) is 19.6. The highest BCUT2D eigenvalue weighted by Gasteiger charge is 2.26. The molecule has 31 heavy (non-hydrogen) atoms. The van der Waals surface area contributed by atoms with Crippen molar-refractivity contribution in [3.63, 3.8) is 0 Å². The van der Waals surface area contributed by atoms with Gasteiger partial charge in [0.25, 0.3) is 0 Å². The summed E-state index contributed by atoms with van der Waals surface area (Å²) in [6.07, 6.45) is 3.78. The minimum Gasteiger partial charge on any atom is -0.495 e. The largest absolute Gasteiger partial charge is 0.495 e. The van der Waals surface area contributed by atoms with Crippen molar-refractivity contribution in [1.82, 2.24) is 24.5 Å². The quantitative estimate of drug-likeness (QED) is 0.587. The number of hydrogen-bond acceptors (Lipinski definition) is 8. The number of nitrogens with zero attached hydrogens (tertiary/aromatic N) is 5. The summed E-state index contributed by atoms with van der Waals surface area (Å²) in [5.41, 5.74) is 0.312. The number of tetrazole rings is 1. The Bertz CT molecular complexity index is 1000. The minimum absolute atomic E-state index is 0.0688. The van der Waals surface area contributed by atoms with Gasteiger partial charge in [-0.3, -0.25) is 4.79 Å². The van der Waals surface area contributed by atoms with Gasteiger partial charge in [-0.05, 0) is 55.3 Å². The summed E-state index contributed by atoms with van der Waals surface area (Å²) in [5, 5.41) is 14.8. The van der Waals surface area contributed by atoms with Crippen LogP contribution in [0.3, 0.4) is 0 Å². The van der Waals surface area contributed by atoms with E-state index in [9.17, 15) is 13.2 Å². The number of benzene rings is 1. The van der Waals surface area contributed by atoms with E-state index in [-0.39, 0.29) is 22.6 Å². The molecule has 12 heteroatoms. The fourth-order valence-electron chi connectivity index (χ4n) is 3.30. The number of amides is 1. The van der Waals surface area contributed by atoms with Crippen LogP contribution in [-0.2, 0) is 14.8 Å². The Morgan fingerprint density at radius 1 is 1.23 bits per heavy atom. The first-order valence-corrected chi connectivity index (χ1v) is 12.6. The van der Waals surface area contributed by atoms with Gasteiger partial charge in [0.1, 0.15) is 5.75 Å². The van der Waals surface area contributed by atoms with E-state index in [1.54, 1.807) is 10.7 Å². The maximum absolute atomic E-state index is 13.1. The molecule has 1 N–H and O–H groups in total. The van der Waals surface area contributed by atoms with E-state index in [0.717, 1.165) is 25.7 Å². The van der Waals surface area contributed by atoms with Gasteiger partial charge < -0.3 is 10.1 Å². The maximum Gasteiger partial charge on any atom is 0.243 e. The molecule has 10 nitrogen and oxygen atoms in total. The van der Waals surface area contributed by atoms with E-state index in [2.05, 4.69) is 20.8 Å². The average Bonchev–Trinajstić information content (AvgIpc) is 3.04. The lowest BCUT2D eigenvalue weighted by Crippen LogP contribution is -2.32. The van der Waals surface area contributed by atoms with Crippen LogP contribution in [0.2, 0.25) is 0 Å². The first-order valence-electron chi connectivity index (χ1n) is 10.2. The molecular formula is C19H28N6O4S2. The van der Waals surface area contributed by atoms with Gasteiger partial charge in [-0.1, -0.05) is 24.6 Å². The molecule has 1 amide bonds. The van der Waals surface area contributed by atoms with Crippen LogP contribution in [0.15, 0.2) is 28.3 Å². The summed E-state index contributed by atoms with van der Waals surface area (Å²) < 4.78 is 34.7. The SMILES string of the molecule is COc1ccc(S(=O)(=O)N2CCCCCC2)cc1NC(=O)CSc1nnnn1C(C)C. The maximum atomic E-state index is 13.1. The fraction of sp³-hybridized carbons (Fsp3) is 0.579. The number of methoxy groups -OCH3 is 1. The Balaban J connectivity index is 1.74. The molecule has 0 radical (unpaired) electrons. The number of carbonyl (C=O) groups is 1. The second-order valence-electron chi connectivity index (χ2n) is 7.52. The predicted octanol–water partition coefficient (Wildman–Crippen LogP) is 2.56. The fourth-order valence-corrected chi connectivity index (χ4v) is 5.65. The topological polar surface area (TPSA) is 119 Å². The van der Waals surface area contributed by atoms with Crippen molar-refractivity contribution in [2.75, 3.05) is 31.3 Å². The van der Waals surface area contributed by atoms with Crippen LogP contribution in [0.4, 0.5) is 5.69 Å². The number of sulfonamides is 1. The molecule has 1 aromatic heterocycles. The van der Waals surface area contributed by atoms with Gasteiger partial charge in [-0.2, -0.15) is 4.31 Å². The Labute approximate surface area is 186 Å². The van der Waals surface area contributed by atoms with Crippen molar-refractivity contribution in [3.8, 4) is 5.75 Å². The number of thioether (sulfide) groups is 1. The summed E-state index contributed by atoms with van der Waals surface area (Å²) in [7, 11) is -2.17. The number of anilines is 1. The molecule has 1 aliphatic heterocycles. The van der Waals surface area contributed by atoms with Gasteiger partial charge in [0.05, 0.1) is 29.5 Å². The zero-order chi connectivity index (χ0) is 22.4. The number of ether oxygens (including phenoxy) is 1. The molecule has 2 aromatic rings. The first-order chi connectivity index (χ1) is 14.8. The Kier molecular flexibility index (Phi) is 7.89. The zero-order valence-electron chi connectivity index (χ0n) is 17.9. The predicted molar refractivity (Wildman–Crippen MR) is 118 cm³/mol. The highest BCUT2D eigenvalue weighted by Crippen LogP contribution is 2.30. The van der Waals surface area contributed by atoms with Crippen molar-refractivity contribution in [3.05, 3.63) is 18.2 Å². The summed E-state index contributed by atoms with van der Waals surface area (Å²) in [6, 6.07) is 4.61. The molecule has 0 aliphatic carbocycles. The van der Waals surface area contributed by atoms with E-state index >= 15 is 0 Å². The first kappa shape index (κ1) is 23.5. The molecule has 0 saturated carbocycles. The summed E-state index contributed by atoms with van der Waals surface area (Å²) in [4.78, 5) is 12.7. The third kappa shape index (κ3) is 5.74.